The number of hydrogen-bond donors (Lipinski definition) is 3. The molecule has 3 N–H and O–H groups in total. The van der Waals surface area contributed by atoms with Gasteiger partial charge in [-0.15, -0.1) is 0 Å². The van der Waals surface area contributed by atoms with Crippen LogP contribution in [0.4, 0.5) is 14.7 Å². The molecule has 1 saturated heterocycles. The van der Waals surface area contributed by atoms with Crippen LogP contribution in [0.25, 0.3) is 11.2 Å². The van der Waals surface area contributed by atoms with Crippen molar-refractivity contribution in [2.45, 2.75) is 76.4 Å². The van der Waals surface area contributed by atoms with E-state index < -0.39 is 24.5 Å². The molecule has 3 heterocycles. The summed E-state index contributed by atoms with van der Waals surface area (Å²) in [6.45, 7) is 0.894. The molecule has 10 nitrogen and oxygen atoms in total. The second kappa shape index (κ2) is 9.17. The first kappa shape index (κ1) is 23.6. The molecule has 5 rings (SSSR count). The zero-order valence-corrected chi connectivity index (χ0v) is 19.3. The standard InChI is InChI=1S/C23H27F2N5O5/c1-12-7-16(31)20(34-12)30-18-17(29-22(30)28-14-8-23(2,32)9-14)19(27-11-26-18)33-10-13-3-5-15(6-4-13)35-21(24)25/h3-6,11-12,14,16,20-21,31-32H,7-10H2,1-2H3,(H,28,29)/t12-,14?,16-,20-,23?/m1/s1. The van der Waals surface area contributed by atoms with Crippen LogP contribution >= 0.6 is 0 Å². The van der Waals surface area contributed by atoms with Crippen LogP contribution in [0.15, 0.2) is 30.6 Å². The van der Waals surface area contributed by atoms with E-state index in [9.17, 15) is 19.0 Å². The van der Waals surface area contributed by atoms with Gasteiger partial charge in [-0.3, -0.25) is 4.57 Å². The Balaban J connectivity index is 1.42. The van der Waals surface area contributed by atoms with E-state index in [1.165, 1.54) is 18.5 Å². The third kappa shape index (κ3) is 5.00. The highest BCUT2D eigenvalue weighted by atomic mass is 19.3. The van der Waals surface area contributed by atoms with Crippen LogP contribution in [0.2, 0.25) is 0 Å². The maximum absolute atomic E-state index is 12.4. The van der Waals surface area contributed by atoms with Gasteiger partial charge in [-0.1, -0.05) is 12.1 Å². The van der Waals surface area contributed by atoms with Gasteiger partial charge in [0, 0.05) is 12.5 Å². The fourth-order valence-electron chi connectivity index (χ4n) is 4.62. The van der Waals surface area contributed by atoms with Crippen LogP contribution in [0.5, 0.6) is 11.6 Å². The van der Waals surface area contributed by atoms with E-state index in [-0.39, 0.29) is 30.4 Å². The Morgan fingerprint density at radius 2 is 2.00 bits per heavy atom. The van der Waals surface area contributed by atoms with Crippen molar-refractivity contribution >= 4 is 17.1 Å². The Morgan fingerprint density at radius 3 is 2.63 bits per heavy atom. The van der Waals surface area contributed by atoms with E-state index in [0.717, 1.165) is 5.56 Å². The van der Waals surface area contributed by atoms with Crippen molar-refractivity contribution in [1.29, 1.82) is 0 Å². The number of imidazole rings is 1. The summed E-state index contributed by atoms with van der Waals surface area (Å²) < 4.78 is 42.7. The fourth-order valence-corrected chi connectivity index (χ4v) is 4.62. The first-order valence-electron chi connectivity index (χ1n) is 11.4. The van der Waals surface area contributed by atoms with Gasteiger partial charge in [-0.25, -0.2) is 9.97 Å². The monoisotopic (exact) mass is 491 g/mol. The first-order valence-corrected chi connectivity index (χ1v) is 11.4. The molecule has 0 spiro atoms. The van der Waals surface area contributed by atoms with E-state index >= 15 is 0 Å². The van der Waals surface area contributed by atoms with E-state index in [0.29, 0.717) is 36.4 Å². The fraction of sp³-hybridized carbons (Fsp3) is 0.522. The van der Waals surface area contributed by atoms with Crippen molar-refractivity contribution < 1.29 is 33.2 Å². The highest BCUT2D eigenvalue weighted by Crippen LogP contribution is 2.38. The van der Waals surface area contributed by atoms with E-state index in [2.05, 4.69) is 25.0 Å². The number of halogens is 2. The molecule has 1 saturated carbocycles. The summed E-state index contributed by atoms with van der Waals surface area (Å²) in [6, 6.07) is 6.11. The lowest BCUT2D eigenvalue weighted by molar-refractivity contribution is -0.0498. The summed E-state index contributed by atoms with van der Waals surface area (Å²) in [5, 5.41) is 24.1. The second-order valence-corrected chi connectivity index (χ2v) is 9.35. The summed E-state index contributed by atoms with van der Waals surface area (Å²) in [5.41, 5.74) is 0.809. The molecule has 0 unspecified atom stereocenters. The number of aliphatic hydroxyl groups excluding tert-OH is 1. The molecule has 0 radical (unpaired) electrons. The third-order valence-electron chi connectivity index (χ3n) is 6.20. The Morgan fingerprint density at radius 1 is 1.26 bits per heavy atom. The summed E-state index contributed by atoms with van der Waals surface area (Å²) in [6.07, 6.45) is 1.35. The van der Waals surface area contributed by atoms with E-state index in [4.69, 9.17) is 9.47 Å². The third-order valence-corrected chi connectivity index (χ3v) is 6.20. The van der Waals surface area contributed by atoms with Gasteiger partial charge in [0.15, 0.2) is 17.4 Å². The molecular formula is C23H27F2N5O5. The second-order valence-electron chi connectivity index (χ2n) is 9.35. The Bertz CT molecular complexity index is 1180. The molecule has 1 aromatic carbocycles. The average Bonchev–Trinajstić information content (AvgIpc) is 3.29. The van der Waals surface area contributed by atoms with E-state index in [1.54, 1.807) is 23.6 Å². The average molecular weight is 491 g/mol. The lowest BCUT2D eigenvalue weighted by atomic mass is 9.77. The smallest absolute Gasteiger partial charge is 0.387 e. The molecule has 35 heavy (non-hydrogen) atoms. The number of ether oxygens (including phenoxy) is 3. The number of nitrogens with one attached hydrogen (secondary N) is 1. The number of nitrogens with zero attached hydrogens (tertiary/aromatic N) is 4. The van der Waals surface area contributed by atoms with Gasteiger partial charge in [-0.2, -0.15) is 13.8 Å². The van der Waals surface area contributed by atoms with Gasteiger partial charge in [0.2, 0.25) is 11.8 Å². The zero-order valence-electron chi connectivity index (χ0n) is 19.3. The predicted molar refractivity (Wildman–Crippen MR) is 120 cm³/mol. The van der Waals surface area contributed by atoms with Crippen LogP contribution in [0.1, 0.15) is 44.9 Å². The van der Waals surface area contributed by atoms with E-state index in [1.807, 2.05) is 6.92 Å². The highest BCUT2D eigenvalue weighted by molar-refractivity contribution is 5.79. The zero-order chi connectivity index (χ0) is 24.7. The van der Waals surface area contributed by atoms with Crippen molar-refractivity contribution in [3.05, 3.63) is 36.2 Å². The van der Waals surface area contributed by atoms with Crippen molar-refractivity contribution in [3.8, 4) is 11.6 Å². The molecular weight excluding hydrogens is 464 g/mol. The molecule has 2 fully saturated rings. The van der Waals surface area contributed by atoms with Crippen LogP contribution in [-0.4, -0.2) is 60.2 Å². The van der Waals surface area contributed by atoms with Gasteiger partial charge in [0.05, 0.1) is 11.7 Å². The van der Waals surface area contributed by atoms with Crippen molar-refractivity contribution in [2.24, 2.45) is 0 Å². The number of benzene rings is 1. The van der Waals surface area contributed by atoms with Gasteiger partial charge >= 0.3 is 6.61 Å². The largest absolute Gasteiger partial charge is 0.471 e. The minimum absolute atomic E-state index is 0.00262. The topological polar surface area (TPSA) is 124 Å². The quantitative estimate of drug-likeness (QED) is 0.436. The maximum Gasteiger partial charge on any atom is 0.387 e. The summed E-state index contributed by atoms with van der Waals surface area (Å²) >= 11 is 0. The number of fused-ring (bicyclic) bond motifs is 1. The predicted octanol–water partition coefficient (Wildman–Crippen LogP) is 3.00. The van der Waals surface area contributed by atoms with Gasteiger partial charge < -0.3 is 29.7 Å². The molecule has 2 aromatic heterocycles. The molecule has 3 aromatic rings. The molecule has 1 aliphatic carbocycles. The molecule has 188 valence electrons. The number of rotatable bonds is 8. The Labute approximate surface area is 199 Å². The van der Waals surface area contributed by atoms with Crippen molar-refractivity contribution in [3.63, 3.8) is 0 Å². The lowest BCUT2D eigenvalue weighted by Crippen LogP contribution is -2.48. The maximum atomic E-state index is 12.4. The van der Waals surface area contributed by atoms with Gasteiger partial charge in [-0.05, 0) is 44.4 Å². The van der Waals surface area contributed by atoms with Crippen LogP contribution < -0.4 is 14.8 Å². The normalized spacial score (nSPS) is 28.3. The van der Waals surface area contributed by atoms with Crippen LogP contribution in [0.3, 0.4) is 0 Å². The highest BCUT2D eigenvalue weighted by Gasteiger charge is 2.41. The van der Waals surface area contributed by atoms with Crippen molar-refractivity contribution in [1.82, 2.24) is 19.5 Å². The van der Waals surface area contributed by atoms with Crippen LogP contribution in [-0.2, 0) is 11.3 Å². The first-order chi connectivity index (χ1) is 16.7. The minimum Gasteiger partial charge on any atom is -0.471 e. The molecule has 0 bridgehead atoms. The minimum atomic E-state index is -2.89. The van der Waals surface area contributed by atoms with Gasteiger partial charge in [0.25, 0.3) is 0 Å². The Hall–Kier alpha value is -3.09. The van der Waals surface area contributed by atoms with Crippen molar-refractivity contribution in [2.75, 3.05) is 5.32 Å². The summed E-state index contributed by atoms with van der Waals surface area (Å²) in [5.74, 6) is 0.727. The number of hydrogen-bond acceptors (Lipinski definition) is 9. The molecule has 0 amide bonds. The number of aliphatic hydroxyl groups is 2. The molecule has 1 aliphatic heterocycles. The number of anilines is 1. The lowest BCUT2D eigenvalue weighted by Gasteiger charge is -2.41. The molecule has 2 aliphatic rings. The van der Waals surface area contributed by atoms with Crippen LogP contribution in [0, 0.1) is 0 Å². The van der Waals surface area contributed by atoms with Gasteiger partial charge in [0.1, 0.15) is 24.8 Å². The Kier molecular flexibility index (Phi) is 6.20. The summed E-state index contributed by atoms with van der Waals surface area (Å²) in [7, 11) is 0. The number of alkyl halides is 2. The SMILES string of the molecule is C[C@@H]1C[C@@H](O)[C@H](n2c(NC3CC(C)(O)C3)nc3c(OCc4ccc(OC(F)F)cc4)ncnc32)O1. The molecule has 12 heteroatoms. The number of aromatic nitrogens is 4. The summed E-state index contributed by atoms with van der Waals surface area (Å²) in [4.78, 5) is 13.3. The molecule has 3 atom stereocenters.